The molecule has 3 rings (SSSR count). The Kier molecular flexibility index (Phi) is 4.64. The van der Waals surface area contributed by atoms with Crippen molar-refractivity contribution in [2.24, 2.45) is 5.92 Å². The second kappa shape index (κ2) is 6.50. The van der Waals surface area contributed by atoms with Crippen LogP contribution in [0.15, 0.2) is 12.3 Å². The van der Waals surface area contributed by atoms with Gasteiger partial charge in [0.25, 0.3) is 0 Å². The first-order chi connectivity index (χ1) is 10.5. The van der Waals surface area contributed by atoms with Crippen LogP contribution in [-0.2, 0) is 10.2 Å². The van der Waals surface area contributed by atoms with Gasteiger partial charge in [0.1, 0.15) is 11.6 Å². The molecule has 1 atom stereocenters. The van der Waals surface area contributed by atoms with Crippen LogP contribution in [0.1, 0.15) is 33.0 Å². The van der Waals surface area contributed by atoms with Crippen LogP contribution >= 0.6 is 0 Å². The number of hydrogen-bond donors (Lipinski definition) is 0. The molecule has 0 radical (unpaired) electrons. The first kappa shape index (κ1) is 15.7. The predicted octanol–water partition coefficient (Wildman–Crippen LogP) is 1.93. The van der Waals surface area contributed by atoms with E-state index in [0.29, 0.717) is 0 Å². The van der Waals surface area contributed by atoms with E-state index in [1.807, 2.05) is 12.3 Å². The molecule has 1 aromatic rings. The summed E-state index contributed by atoms with van der Waals surface area (Å²) in [6.45, 7) is 13.9. The van der Waals surface area contributed by atoms with Gasteiger partial charge in [-0.25, -0.2) is 9.97 Å². The number of hydrogen-bond acceptors (Lipinski definition) is 5. The van der Waals surface area contributed by atoms with Gasteiger partial charge in [0.05, 0.1) is 6.61 Å². The van der Waals surface area contributed by atoms with Gasteiger partial charge in [0.2, 0.25) is 0 Å². The van der Waals surface area contributed by atoms with Crippen molar-refractivity contribution in [1.82, 2.24) is 14.9 Å². The summed E-state index contributed by atoms with van der Waals surface area (Å²) in [5, 5.41) is 0. The number of aromatic nitrogens is 2. The highest BCUT2D eigenvalue weighted by molar-refractivity contribution is 5.38. The van der Waals surface area contributed by atoms with Crippen molar-refractivity contribution in [1.29, 1.82) is 0 Å². The molecule has 0 saturated carbocycles. The molecule has 122 valence electrons. The summed E-state index contributed by atoms with van der Waals surface area (Å²) < 4.78 is 5.48. The Morgan fingerprint density at radius 2 is 2.00 bits per heavy atom. The van der Waals surface area contributed by atoms with Crippen LogP contribution in [0, 0.1) is 5.92 Å². The van der Waals surface area contributed by atoms with Crippen molar-refractivity contribution >= 4 is 5.82 Å². The molecular formula is C17H28N4O. The van der Waals surface area contributed by atoms with E-state index in [9.17, 15) is 0 Å². The quantitative estimate of drug-likeness (QED) is 0.853. The minimum Gasteiger partial charge on any atom is -0.381 e. The summed E-state index contributed by atoms with van der Waals surface area (Å²) in [5.41, 5.74) is 0.000303. The number of rotatable bonds is 3. The zero-order chi connectivity index (χ0) is 15.6. The standard InChI is InChI=1S/C17H28N4O/c1-17(2,3)16-18-6-4-15(19-16)21-9-7-20(8-10-21)12-14-5-11-22-13-14/h4,6,14H,5,7-13H2,1-3H3. The number of piperazine rings is 1. The van der Waals surface area contributed by atoms with Gasteiger partial charge in [0.15, 0.2) is 0 Å². The predicted molar refractivity (Wildman–Crippen MR) is 88.3 cm³/mol. The molecule has 2 aliphatic heterocycles. The summed E-state index contributed by atoms with van der Waals surface area (Å²) in [7, 11) is 0. The zero-order valence-electron chi connectivity index (χ0n) is 14.1. The highest BCUT2D eigenvalue weighted by Crippen LogP contribution is 2.22. The lowest BCUT2D eigenvalue weighted by atomic mass is 9.96. The molecule has 0 bridgehead atoms. The van der Waals surface area contributed by atoms with Gasteiger partial charge >= 0.3 is 0 Å². The first-order valence-corrected chi connectivity index (χ1v) is 8.41. The maximum absolute atomic E-state index is 5.48. The second-order valence-electron chi connectivity index (χ2n) is 7.51. The average Bonchev–Trinajstić information content (AvgIpc) is 3.00. The van der Waals surface area contributed by atoms with E-state index >= 15 is 0 Å². The molecule has 5 nitrogen and oxygen atoms in total. The van der Waals surface area contributed by atoms with Crippen molar-refractivity contribution in [3.63, 3.8) is 0 Å². The maximum atomic E-state index is 5.48. The van der Waals surface area contributed by atoms with E-state index in [1.165, 1.54) is 13.0 Å². The van der Waals surface area contributed by atoms with Gasteiger partial charge in [-0.05, 0) is 18.4 Å². The molecule has 0 spiro atoms. The SMILES string of the molecule is CC(C)(C)c1nccc(N2CCN(CC3CCOC3)CC2)n1. The molecule has 0 aliphatic carbocycles. The highest BCUT2D eigenvalue weighted by Gasteiger charge is 2.24. The Morgan fingerprint density at radius 3 is 2.64 bits per heavy atom. The molecule has 2 saturated heterocycles. The van der Waals surface area contributed by atoms with Crippen LogP contribution in [0.4, 0.5) is 5.82 Å². The lowest BCUT2D eigenvalue weighted by molar-refractivity contribution is 0.164. The molecule has 0 aromatic carbocycles. The lowest BCUT2D eigenvalue weighted by Gasteiger charge is -2.36. The summed E-state index contributed by atoms with van der Waals surface area (Å²) in [6.07, 6.45) is 3.12. The minimum absolute atomic E-state index is 0.000303. The van der Waals surface area contributed by atoms with E-state index in [-0.39, 0.29) is 5.41 Å². The Hall–Kier alpha value is -1.20. The lowest BCUT2D eigenvalue weighted by Crippen LogP contribution is -2.48. The molecule has 1 unspecified atom stereocenters. The van der Waals surface area contributed by atoms with Crippen molar-refractivity contribution in [3.05, 3.63) is 18.1 Å². The van der Waals surface area contributed by atoms with E-state index in [1.54, 1.807) is 0 Å². The third-order valence-electron chi connectivity index (χ3n) is 4.55. The van der Waals surface area contributed by atoms with Gasteiger partial charge in [-0.1, -0.05) is 20.8 Å². The monoisotopic (exact) mass is 304 g/mol. The third-order valence-corrected chi connectivity index (χ3v) is 4.55. The molecule has 0 N–H and O–H groups in total. The van der Waals surface area contributed by atoms with E-state index in [0.717, 1.165) is 57.0 Å². The van der Waals surface area contributed by atoms with Crippen molar-refractivity contribution < 1.29 is 4.74 Å². The Labute approximate surface area is 133 Å². The zero-order valence-corrected chi connectivity index (χ0v) is 14.1. The van der Waals surface area contributed by atoms with Crippen LogP contribution in [0.2, 0.25) is 0 Å². The fraction of sp³-hybridized carbons (Fsp3) is 0.765. The molecule has 2 fully saturated rings. The Balaban J connectivity index is 1.57. The number of anilines is 1. The molecule has 3 heterocycles. The Morgan fingerprint density at radius 1 is 1.23 bits per heavy atom. The third kappa shape index (κ3) is 3.76. The topological polar surface area (TPSA) is 41.5 Å². The van der Waals surface area contributed by atoms with Gasteiger partial charge in [0, 0.05) is 50.9 Å². The first-order valence-electron chi connectivity index (χ1n) is 8.41. The number of nitrogens with zero attached hydrogens (tertiary/aromatic N) is 4. The molecule has 5 heteroatoms. The van der Waals surface area contributed by atoms with E-state index < -0.39 is 0 Å². The van der Waals surface area contributed by atoms with Crippen LogP contribution in [0.5, 0.6) is 0 Å². The smallest absolute Gasteiger partial charge is 0.135 e. The number of ether oxygens (including phenoxy) is 1. The summed E-state index contributed by atoms with van der Waals surface area (Å²) in [4.78, 5) is 14.2. The van der Waals surface area contributed by atoms with Crippen LogP contribution in [-0.4, -0.2) is 60.8 Å². The van der Waals surface area contributed by atoms with E-state index in [4.69, 9.17) is 9.72 Å². The minimum atomic E-state index is 0.000303. The van der Waals surface area contributed by atoms with Crippen LogP contribution < -0.4 is 4.90 Å². The molecule has 0 amide bonds. The van der Waals surface area contributed by atoms with Crippen LogP contribution in [0.25, 0.3) is 0 Å². The fourth-order valence-corrected chi connectivity index (χ4v) is 3.14. The van der Waals surface area contributed by atoms with Gasteiger partial charge < -0.3 is 9.64 Å². The summed E-state index contributed by atoms with van der Waals surface area (Å²) in [5.74, 6) is 2.73. The average molecular weight is 304 g/mol. The molecule has 2 aliphatic rings. The van der Waals surface area contributed by atoms with Crippen LogP contribution in [0.3, 0.4) is 0 Å². The second-order valence-corrected chi connectivity index (χ2v) is 7.51. The molecule has 22 heavy (non-hydrogen) atoms. The highest BCUT2D eigenvalue weighted by atomic mass is 16.5. The largest absolute Gasteiger partial charge is 0.381 e. The molecule has 1 aromatic heterocycles. The summed E-state index contributed by atoms with van der Waals surface area (Å²) in [6, 6.07) is 2.04. The maximum Gasteiger partial charge on any atom is 0.135 e. The molecular weight excluding hydrogens is 276 g/mol. The summed E-state index contributed by atoms with van der Waals surface area (Å²) >= 11 is 0. The Bertz CT molecular complexity index is 486. The van der Waals surface area contributed by atoms with E-state index in [2.05, 4.69) is 35.6 Å². The van der Waals surface area contributed by atoms with Gasteiger partial charge in [-0.3, -0.25) is 4.90 Å². The fourth-order valence-electron chi connectivity index (χ4n) is 3.14. The van der Waals surface area contributed by atoms with Crippen molar-refractivity contribution in [3.8, 4) is 0 Å². The van der Waals surface area contributed by atoms with Crippen molar-refractivity contribution in [2.75, 3.05) is 50.8 Å². The van der Waals surface area contributed by atoms with Crippen molar-refractivity contribution in [2.45, 2.75) is 32.6 Å². The van der Waals surface area contributed by atoms with Gasteiger partial charge in [-0.2, -0.15) is 0 Å². The normalized spacial score (nSPS) is 24.0. The van der Waals surface area contributed by atoms with Gasteiger partial charge in [-0.15, -0.1) is 0 Å².